The lowest BCUT2D eigenvalue weighted by Gasteiger charge is -2.10. The second kappa shape index (κ2) is 7.84. The lowest BCUT2D eigenvalue weighted by Crippen LogP contribution is -2.26. The zero-order valence-electron chi connectivity index (χ0n) is 16.0. The number of hydrogen-bond donors (Lipinski definition) is 1. The molecule has 27 heavy (non-hydrogen) atoms. The Morgan fingerprint density at radius 2 is 1.89 bits per heavy atom. The normalized spacial score (nSPS) is 11.9. The van der Waals surface area contributed by atoms with E-state index in [1.807, 2.05) is 51.1 Å². The van der Waals surface area contributed by atoms with Crippen molar-refractivity contribution in [3.63, 3.8) is 0 Å². The first-order chi connectivity index (χ1) is 12.9. The van der Waals surface area contributed by atoms with Crippen LogP contribution in [0.4, 0.5) is 0 Å². The summed E-state index contributed by atoms with van der Waals surface area (Å²) in [5, 5.41) is 3.72. The van der Waals surface area contributed by atoms with E-state index >= 15 is 0 Å². The van der Waals surface area contributed by atoms with Crippen molar-refractivity contribution in [2.45, 2.75) is 26.8 Å². The van der Waals surface area contributed by atoms with Gasteiger partial charge >= 0.3 is 0 Å². The zero-order valence-corrected chi connectivity index (χ0v) is 16.8. The van der Waals surface area contributed by atoms with Crippen molar-refractivity contribution in [1.82, 2.24) is 10.3 Å². The minimum atomic E-state index is -0.225. The van der Waals surface area contributed by atoms with Crippen molar-refractivity contribution in [2.24, 2.45) is 0 Å². The minimum Gasteiger partial charge on any atom is -0.493 e. The highest BCUT2D eigenvalue weighted by atomic mass is 32.1. The van der Waals surface area contributed by atoms with Crippen molar-refractivity contribution in [3.05, 3.63) is 52.4 Å². The molecule has 7 heteroatoms. The third-order valence-electron chi connectivity index (χ3n) is 4.17. The summed E-state index contributed by atoms with van der Waals surface area (Å²) in [6, 6.07) is 9.10. The van der Waals surface area contributed by atoms with E-state index in [-0.39, 0.29) is 11.9 Å². The number of hydrogen-bond acceptors (Lipinski definition) is 6. The van der Waals surface area contributed by atoms with Crippen LogP contribution in [0.15, 0.2) is 34.7 Å². The highest BCUT2D eigenvalue weighted by molar-refractivity contribution is 7.17. The molecule has 1 atom stereocenters. The van der Waals surface area contributed by atoms with Gasteiger partial charge in [0.25, 0.3) is 5.91 Å². The largest absolute Gasteiger partial charge is 0.493 e. The number of aryl methyl sites for hydroxylation is 2. The number of carbonyl (C=O) groups is 1. The second-order valence-electron chi connectivity index (χ2n) is 6.15. The van der Waals surface area contributed by atoms with Crippen LogP contribution in [0.5, 0.6) is 11.5 Å². The van der Waals surface area contributed by atoms with E-state index < -0.39 is 0 Å². The predicted octanol–water partition coefficient (Wildman–Crippen LogP) is 4.53. The van der Waals surface area contributed by atoms with Gasteiger partial charge in [0, 0.05) is 5.56 Å². The van der Waals surface area contributed by atoms with Gasteiger partial charge in [0.1, 0.15) is 21.4 Å². The van der Waals surface area contributed by atoms with Crippen LogP contribution in [0.2, 0.25) is 0 Å². The van der Waals surface area contributed by atoms with Crippen LogP contribution < -0.4 is 14.8 Å². The molecule has 1 N–H and O–H groups in total. The summed E-state index contributed by atoms with van der Waals surface area (Å²) in [6.45, 7) is 5.60. The van der Waals surface area contributed by atoms with Gasteiger partial charge in [-0.05, 0) is 51.1 Å². The zero-order chi connectivity index (χ0) is 19.6. The Labute approximate surface area is 162 Å². The molecule has 0 aliphatic carbocycles. The van der Waals surface area contributed by atoms with Gasteiger partial charge in [0.2, 0.25) is 0 Å². The molecule has 6 nitrogen and oxygen atoms in total. The van der Waals surface area contributed by atoms with Crippen molar-refractivity contribution in [3.8, 4) is 22.1 Å². The number of rotatable bonds is 6. The monoisotopic (exact) mass is 386 g/mol. The molecule has 3 aromatic rings. The molecule has 0 spiro atoms. The molecule has 0 saturated carbocycles. The topological polar surface area (TPSA) is 73.6 Å². The van der Waals surface area contributed by atoms with Crippen LogP contribution in [0.3, 0.4) is 0 Å². The van der Waals surface area contributed by atoms with Gasteiger partial charge in [0.15, 0.2) is 11.5 Å². The summed E-state index contributed by atoms with van der Waals surface area (Å²) in [5.74, 6) is 2.64. The lowest BCUT2D eigenvalue weighted by atomic mass is 10.2. The molecule has 0 aliphatic rings. The predicted molar refractivity (Wildman–Crippen MR) is 105 cm³/mol. The molecule has 2 heterocycles. The van der Waals surface area contributed by atoms with Crippen molar-refractivity contribution >= 4 is 17.2 Å². The van der Waals surface area contributed by atoms with E-state index in [9.17, 15) is 4.79 Å². The number of nitrogens with one attached hydrogen (secondary N) is 1. The van der Waals surface area contributed by atoms with E-state index in [2.05, 4.69) is 10.3 Å². The molecule has 3 rings (SSSR count). The number of amides is 1. The Morgan fingerprint density at radius 3 is 2.52 bits per heavy atom. The smallest absolute Gasteiger partial charge is 0.263 e. The molecule has 1 unspecified atom stereocenters. The SMILES string of the molecule is COc1ccc(-c2nc(C)c(C(=O)NC(C)c3ccc(C)o3)s2)cc1OC. The van der Waals surface area contributed by atoms with E-state index in [0.29, 0.717) is 22.1 Å². The van der Waals surface area contributed by atoms with Gasteiger partial charge in [-0.1, -0.05) is 0 Å². The molecule has 1 amide bonds. The average molecular weight is 386 g/mol. The quantitative estimate of drug-likeness (QED) is 0.674. The van der Waals surface area contributed by atoms with E-state index in [1.165, 1.54) is 11.3 Å². The number of nitrogens with zero attached hydrogens (tertiary/aromatic N) is 1. The van der Waals surface area contributed by atoms with Crippen LogP contribution in [0.1, 0.15) is 39.9 Å². The highest BCUT2D eigenvalue weighted by Crippen LogP contribution is 2.35. The van der Waals surface area contributed by atoms with Crippen LogP contribution in [0.25, 0.3) is 10.6 Å². The van der Waals surface area contributed by atoms with Crippen LogP contribution >= 0.6 is 11.3 Å². The molecule has 142 valence electrons. The summed E-state index contributed by atoms with van der Waals surface area (Å²) in [6.07, 6.45) is 0. The van der Waals surface area contributed by atoms with Gasteiger partial charge in [-0.3, -0.25) is 4.79 Å². The van der Waals surface area contributed by atoms with Crippen LogP contribution in [-0.2, 0) is 0 Å². The van der Waals surface area contributed by atoms with Crippen LogP contribution in [0, 0.1) is 13.8 Å². The van der Waals surface area contributed by atoms with Crippen molar-refractivity contribution in [1.29, 1.82) is 0 Å². The first-order valence-corrected chi connectivity index (χ1v) is 9.31. The van der Waals surface area contributed by atoms with Gasteiger partial charge in [-0.25, -0.2) is 4.98 Å². The molecule has 0 fully saturated rings. The summed E-state index contributed by atoms with van der Waals surface area (Å²) in [5.41, 5.74) is 1.56. The van der Waals surface area contributed by atoms with Gasteiger partial charge < -0.3 is 19.2 Å². The van der Waals surface area contributed by atoms with E-state index in [1.54, 1.807) is 14.2 Å². The third-order valence-corrected chi connectivity index (χ3v) is 5.37. The first-order valence-electron chi connectivity index (χ1n) is 8.50. The van der Waals surface area contributed by atoms with E-state index in [0.717, 1.165) is 22.1 Å². The molecule has 0 radical (unpaired) electrons. The highest BCUT2D eigenvalue weighted by Gasteiger charge is 2.20. The number of methoxy groups -OCH3 is 2. The maximum atomic E-state index is 12.7. The fraction of sp³-hybridized carbons (Fsp3) is 0.300. The number of carbonyl (C=O) groups excluding carboxylic acids is 1. The summed E-state index contributed by atoms with van der Waals surface area (Å²) < 4.78 is 16.2. The maximum absolute atomic E-state index is 12.7. The fourth-order valence-electron chi connectivity index (χ4n) is 2.72. The lowest BCUT2D eigenvalue weighted by molar-refractivity contribution is 0.0938. The Hall–Kier alpha value is -2.80. The number of thiazole rings is 1. The molecule has 0 saturated heterocycles. The minimum absolute atomic E-state index is 0.168. The third kappa shape index (κ3) is 3.98. The van der Waals surface area contributed by atoms with Crippen molar-refractivity contribution < 1.29 is 18.7 Å². The molecular weight excluding hydrogens is 364 g/mol. The summed E-state index contributed by atoms with van der Waals surface area (Å²) >= 11 is 1.35. The Kier molecular flexibility index (Phi) is 5.51. The number of furan rings is 1. The Balaban J connectivity index is 1.82. The Bertz CT molecular complexity index is 961. The second-order valence-corrected chi connectivity index (χ2v) is 7.15. The molecular formula is C20H22N2O4S. The molecule has 2 aromatic heterocycles. The van der Waals surface area contributed by atoms with Crippen LogP contribution in [-0.4, -0.2) is 25.1 Å². The number of benzene rings is 1. The fourth-order valence-corrected chi connectivity index (χ4v) is 3.69. The molecule has 0 aliphatic heterocycles. The van der Waals surface area contributed by atoms with Gasteiger partial charge in [-0.15, -0.1) is 11.3 Å². The maximum Gasteiger partial charge on any atom is 0.263 e. The van der Waals surface area contributed by atoms with Gasteiger partial charge in [-0.2, -0.15) is 0 Å². The first kappa shape index (κ1) is 19.0. The summed E-state index contributed by atoms with van der Waals surface area (Å²) in [4.78, 5) is 17.8. The summed E-state index contributed by atoms with van der Waals surface area (Å²) in [7, 11) is 3.18. The van der Waals surface area contributed by atoms with E-state index in [4.69, 9.17) is 13.9 Å². The Morgan fingerprint density at radius 1 is 1.15 bits per heavy atom. The number of aromatic nitrogens is 1. The number of ether oxygens (including phenoxy) is 2. The molecule has 1 aromatic carbocycles. The van der Waals surface area contributed by atoms with Crippen molar-refractivity contribution in [2.75, 3.05) is 14.2 Å². The standard InChI is InChI=1S/C20H22N2O4S/c1-11-6-8-15(26-11)12(2)21-19(23)18-13(3)22-20(27-18)14-7-9-16(24-4)17(10-14)25-5/h6-10,12H,1-5H3,(H,21,23). The molecule has 0 bridgehead atoms. The van der Waals surface area contributed by atoms with Gasteiger partial charge in [0.05, 0.1) is 26.0 Å². The average Bonchev–Trinajstić information content (AvgIpc) is 3.27.